The lowest BCUT2D eigenvalue weighted by Gasteiger charge is -2.17. The Morgan fingerprint density at radius 1 is 1.67 bits per heavy atom. The quantitative estimate of drug-likeness (QED) is 0.769. The Morgan fingerprint density at radius 3 is 2.87 bits per heavy atom. The van der Waals surface area contributed by atoms with Crippen LogP contribution in [0, 0.1) is 6.92 Å². The number of carboxylic acids is 1. The second-order valence-electron chi connectivity index (χ2n) is 3.46. The zero-order valence-corrected chi connectivity index (χ0v) is 9.06. The number of oxazole rings is 1. The van der Waals surface area contributed by atoms with E-state index < -0.39 is 5.97 Å². The van der Waals surface area contributed by atoms with Gasteiger partial charge in [-0.3, -0.25) is 9.69 Å². The first-order valence-electron chi connectivity index (χ1n) is 4.96. The molecule has 84 valence electrons. The van der Waals surface area contributed by atoms with E-state index in [1.807, 2.05) is 18.7 Å². The molecule has 1 aromatic heterocycles. The largest absolute Gasteiger partial charge is 0.480 e. The van der Waals surface area contributed by atoms with Gasteiger partial charge in [-0.2, -0.15) is 0 Å². The molecule has 0 aliphatic rings. The lowest BCUT2D eigenvalue weighted by atomic mass is 10.3. The second kappa shape index (κ2) is 5.50. The molecule has 5 heteroatoms. The number of aliphatic carboxylic acids is 1. The molecule has 0 aliphatic heterocycles. The topological polar surface area (TPSA) is 66.6 Å². The summed E-state index contributed by atoms with van der Waals surface area (Å²) < 4.78 is 5.06. The van der Waals surface area contributed by atoms with Crippen LogP contribution in [0.2, 0.25) is 0 Å². The molecule has 0 aromatic carbocycles. The van der Waals surface area contributed by atoms with Crippen molar-refractivity contribution >= 4 is 5.97 Å². The van der Waals surface area contributed by atoms with Crippen LogP contribution in [0.1, 0.15) is 24.8 Å². The van der Waals surface area contributed by atoms with Crippen molar-refractivity contribution in [3.8, 4) is 0 Å². The molecule has 0 saturated carbocycles. The average molecular weight is 212 g/mol. The molecule has 1 aromatic rings. The number of hydrogen-bond donors (Lipinski definition) is 1. The van der Waals surface area contributed by atoms with Crippen molar-refractivity contribution in [2.24, 2.45) is 0 Å². The van der Waals surface area contributed by atoms with Gasteiger partial charge in [-0.25, -0.2) is 4.98 Å². The highest BCUT2D eigenvalue weighted by atomic mass is 16.4. The molecule has 15 heavy (non-hydrogen) atoms. The molecule has 0 amide bonds. The lowest BCUT2D eigenvalue weighted by Crippen LogP contribution is -2.30. The third-order valence-electron chi connectivity index (χ3n) is 2.12. The number of aromatic nitrogens is 1. The number of aryl methyl sites for hydroxylation is 1. The summed E-state index contributed by atoms with van der Waals surface area (Å²) >= 11 is 0. The smallest absolute Gasteiger partial charge is 0.317 e. The van der Waals surface area contributed by atoms with Gasteiger partial charge in [0.15, 0.2) is 6.39 Å². The standard InChI is InChI=1S/C10H16N2O3/c1-3-4-12(6-10(13)14)5-9-8(2)15-7-11-9/h7H,3-6H2,1-2H3,(H,13,14). The minimum atomic E-state index is -0.815. The molecule has 0 aliphatic carbocycles. The van der Waals surface area contributed by atoms with E-state index in [1.165, 1.54) is 6.39 Å². The zero-order valence-electron chi connectivity index (χ0n) is 9.06. The lowest BCUT2D eigenvalue weighted by molar-refractivity contribution is -0.138. The first-order valence-corrected chi connectivity index (χ1v) is 4.96. The van der Waals surface area contributed by atoms with E-state index in [0.29, 0.717) is 6.54 Å². The van der Waals surface area contributed by atoms with Gasteiger partial charge in [-0.1, -0.05) is 6.92 Å². The Balaban J connectivity index is 2.58. The van der Waals surface area contributed by atoms with E-state index in [0.717, 1.165) is 24.4 Å². The van der Waals surface area contributed by atoms with Gasteiger partial charge in [0.25, 0.3) is 0 Å². The highest BCUT2D eigenvalue weighted by Crippen LogP contribution is 2.08. The normalized spacial score (nSPS) is 10.9. The first kappa shape index (κ1) is 11.7. The molecule has 0 radical (unpaired) electrons. The van der Waals surface area contributed by atoms with Gasteiger partial charge in [0.1, 0.15) is 5.76 Å². The fourth-order valence-electron chi connectivity index (χ4n) is 1.41. The van der Waals surface area contributed by atoms with Crippen LogP contribution in [-0.4, -0.2) is 34.0 Å². The highest BCUT2D eigenvalue weighted by Gasteiger charge is 2.12. The number of rotatable bonds is 6. The van der Waals surface area contributed by atoms with Crippen LogP contribution in [0.4, 0.5) is 0 Å². The fourth-order valence-corrected chi connectivity index (χ4v) is 1.41. The average Bonchev–Trinajstić information content (AvgIpc) is 2.51. The SMILES string of the molecule is CCCN(CC(=O)O)Cc1ncoc1C. The summed E-state index contributed by atoms with van der Waals surface area (Å²) in [6, 6.07) is 0. The second-order valence-corrected chi connectivity index (χ2v) is 3.46. The highest BCUT2D eigenvalue weighted by molar-refractivity contribution is 5.69. The Hall–Kier alpha value is -1.36. The van der Waals surface area contributed by atoms with Crippen molar-refractivity contribution in [2.75, 3.05) is 13.1 Å². The summed E-state index contributed by atoms with van der Waals surface area (Å²) in [6.07, 6.45) is 2.31. The summed E-state index contributed by atoms with van der Waals surface area (Å²) in [6.45, 7) is 5.17. The molecule has 5 nitrogen and oxygen atoms in total. The molecule has 0 spiro atoms. The Labute approximate surface area is 88.7 Å². The van der Waals surface area contributed by atoms with E-state index in [9.17, 15) is 4.79 Å². The molecule has 1 rings (SSSR count). The van der Waals surface area contributed by atoms with Crippen molar-refractivity contribution < 1.29 is 14.3 Å². The van der Waals surface area contributed by atoms with Crippen LogP contribution >= 0.6 is 0 Å². The Bertz CT molecular complexity index is 322. The molecule has 0 atom stereocenters. The van der Waals surface area contributed by atoms with Gasteiger partial charge in [0.2, 0.25) is 0 Å². The number of carboxylic acid groups (broad SMARTS) is 1. The summed E-state index contributed by atoms with van der Waals surface area (Å²) in [5.41, 5.74) is 0.810. The van der Waals surface area contributed by atoms with Crippen LogP contribution in [-0.2, 0) is 11.3 Å². The predicted molar refractivity (Wildman–Crippen MR) is 54.4 cm³/mol. The van der Waals surface area contributed by atoms with E-state index in [4.69, 9.17) is 9.52 Å². The van der Waals surface area contributed by atoms with Gasteiger partial charge in [0, 0.05) is 6.54 Å². The van der Waals surface area contributed by atoms with Crippen LogP contribution < -0.4 is 0 Å². The van der Waals surface area contributed by atoms with Gasteiger partial charge in [-0.15, -0.1) is 0 Å². The first-order chi connectivity index (χ1) is 7.13. The van der Waals surface area contributed by atoms with Crippen molar-refractivity contribution in [3.63, 3.8) is 0 Å². The minimum absolute atomic E-state index is 0.0418. The molecule has 0 unspecified atom stereocenters. The molecule has 0 bridgehead atoms. The summed E-state index contributed by atoms with van der Waals surface area (Å²) in [4.78, 5) is 16.5. The zero-order chi connectivity index (χ0) is 11.3. The maximum atomic E-state index is 10.6. The number of nitrogens with zero attached hydrogens (tertiary/aromatic N) is 2. The van der Waals surface area contributed by atoms with Crippen LogP contribution in [0.15, 0.2) is 10.8 Å². The van der Waals surface area contributed by atoms with Crippen molar-refractivity contribution in [3.05, 3.63) is 17.8 Å². The maximum absolute atomic E-state index is 10.6. The van der Waals surface area contributed by atoms with Crippen molar-refractivity contribution in [1.82, 2.24) is 9.88 Å². The van der Waals surface area contributed by atoms with E-state index >= 15 is 0 Å². The van der Waals surface area contributed by atoms with Crippen molar-refractivity contribution in [1.29, 1.82) is 0 Å². The van der Waals surface area contributed by atoms with Gasteiger partial charge < -0.3 is 9.52 Å². The van der Waals surface area contributed by atoms with E-state index in [2.05, 4.69) is 4.98 Å². The monoisotopic (exact) mass is 212 g/mol. The molecule has 0 fully saturated rings. The molecular formula is C10H16N2O3. The Kier molecular flexibility index (Phi) is 4.30. The number of carbonyl (C=O) groups is 1. The van der Waals surface area contributed by atoms with Crippen LogP contribution in [0.25, 0.3) is 0 Å². The summed E-state index contributed by atoms with van der Waals surface area (Å²) in [5.74, 6) is -0.0638. The van der Waals surface area contributed by atoms with E-state index in [-0.39, 0.29) is 6.54 Å². The minimum Gasteiger partial charge on any atom is -0.480 e. The third-order valence-corrected chi connectivity index (χ3v) is 2.12. The van der Waals surface area contributed by atoms with Crippen LogP contribution in [0.3, 0.4) is 0 Å². The van der Waals surface area contributed by atoms with Crippen LogP contribution in [0.5, 0.6) is 0 Å². The van der Waals surface area contributed by atoms with E-state index in [1.54, 1.807) is 0 Å². The Morgan fingerprint density at radius 2 is 2.40 bits per heavy atom. The van der Waals surface area contributed by atoms with Gasteiger partial charge in [-0.05, 0) is 19.9 Å². The van der Waals surface area contributed by atoms with Gasteiger partial charge >= 0.3 is 5.97 Å². The molecule has 1 N–H and O–H groups in total. The predicted octanol–water partition coefficient (Wildman–Crippen LogP) is 1.28. The maximum Gasteiger partial charge on any atom is 0.317 e. The number of hydrogen-bond acceptors (Lipinski definition) is 4. The molecule has 1 heterocycles. The van der Waals surface area contributed by atoms with Gasteiger partial charge in [0.05, 0.1) is 12.2 Å². The molecule has 0 saturated heterocycles. The molecular weight excluding hydrogens is 196 g/mol. The van der Waals surface area contributed by atoms with Crippen molar-refractivity contribution in [2.45, 2.75) is 26.8 Å². The third kappa shape index (κ3) is 3.71. The fraction of sp³-hybridized carbons (Fsp3) is 0.600. The summed E-state index contributed by atoms with van der Waals surface area (Å²) in [7, 11) is 0. The summed E-state index contributed by atoms with van der Waals surface area (Å²) in [5, 5.41) is 8.72.